The monoisotopic (exact) mass is 373 g/mol. The molecule has 0 atom stereocenters. The van der Waals surface area contributed by atoms with Gasteiger partial charge in [-0.2, -0.15) is 0 Å². The molecule has 0 unspecified atom stereocenters. The average molecular weight is 374 g/mol. The van der Waals surface area contributed by atoms with Crippen LogP contribution in [0, 0.1) is 5.82 Å². The summed E-state index contributed by atoms with van der Waals surface area (Å²) >= 11 is 6.30. The van der Waals surface area contributed by atoms with Gasteiger partial charge in [0.2, 0.25) is 11.8 Å². The van der Waals surface area contributed by atoms with Crippen LogP contribution in [0.5, 0.6) is 0 Å². The molecule has 2 N–H and O–H groups in total. The number of hydrogen-bond acceptors (Lipinski definition) is 3. The maximum atomic E-state index is 12.9. The van der Waals surface area contributed by atoms with Crippen LogP contribution in [0.1, 0.15) is 5.56 Å². The van der Waals surface area contributed by atoms with Crippen molar-refractivity contribution >= 4 is 40.9 Å². The van der Waals surface area contributed by atoms with Gasteiger partial charge in [-0.05, 0) is 42.0 Å². The summed E-state index contributed by atoms with van der Waals surface area (Å²) in [5.74, 6) is -0.696. The van der Waals surface area contributed by atoms with Crippen LogP contribution in [0.15, 0.2) is 48.5 Å². The lowest BCUT2D eigenvalue weighted by Crippen LogP contribution is -2.47. The van der Waals surface area contributed by atoms with Crippen molar-refractivity contribution in [3.05, 3.63) is 64.9 Å². The van der Waals surface area contributed by atoms with Crippen molar-refractivity contribution in [1.29, 1.82) is 0 Å². The number of carbonyl (C=O) groups is 2. The predicted octanol–water partition coefficient (Wildman–Crippen LogP) is 3.07. The second kappa shape index (κ2) is 8.01. The van der Waals surface area contributed by atoms with Crippen LogP contribution in [0.3, 0.4) is 0 Å². The molecule has 2 aromatic carbocycles. The Bertz CT molecular complexity index is 852. The summed E-state index contributed by atoms with van der Waals surface area (Å²) in [4.78, 5) is 25.4. The Balaban J connectivity index is 1.64. The number of benzene rings is 2. The van der Waals surface area contributed by atoms with Crippen molar-refractivity contribution in [3.8, 4) is 0 Å². The molecular weight excluding hydrogens is 357 g/mol. The lowest BCUT2D eigenvalue weighted by molar-refractivity contribution is -0.120. The van der Waals surface area contributed by atoms with E-state index in [-0.39, 0.29) is 24.2 Å². The van der Waals surface area contributed by atoms with Gasteiger partial charge in [0.05, 0.1) is 17.3 Å². The van der Waals surface area contributed by atoms with Gasteiger partial charge in [0, 0.05) is 24.9 Å². The van der Waals surface area contributed by atoms with Crippen LogP contribution in [0.2, 0.25) is 5.02 Å². The first-order valence-corrected chi connectivity index (χ1v) is 8.45. The van der Waals surface area contributed by atoms with E-state index < -0.39 is 0 Å². The fraction of sp³-hybridized carbons (Fsp3) is 0.158. The maximum absolute atomic E-state index is 12.9. The molecule has 2 aromatic rings. The SMILES string of the molecule is O=C(/C=C/c1ccc(F)cc1)Nc1ccc(N2CCNC(=O)C2)c(Cl)c1. The number of piperazine rings is 1. The zero-order valence-corrected chi connectivity index (χ0v) is 14.6. The molecule has 0 radical (unpaired) electrons. The molecule has 0 spiro atoms. The molecule has 0 aromatic heterocycles. The lowest BCUT2D eigenvalue weighted by Gasteiger charge is -2.29. The second-order valence-electron chi connectivity index (χ2n) is 5.81. The summed E-state index contributed by atoms with van der Waals surface area (Å²) in [6.07, 6.45) is 2.96. The maximum Gasteiger partial charge on any atom is 0.248 e. The first-order valence-electron chi connectivity index (χ1n) is 8.07. The largest absolute Gasteiger partial charge is 0.359 e. The molecular formula is C19H17ClFN3O2. The molecule has 1 aliphatic heterocycles. The highest BCUT2D eigenvalue weighted by molar-refractivity contribution is 6.33. The molecule has 0 bridgehead atoms. The highest BCUT2D eigenvalue weighted by Gasteiger charge is 2.18. The Labute approximate surface area is 155 Å². The Kier molecular flexibility index (Phi) is 5.53. The minimum Gasteiger partial charge on any atom is -0.359 e. The standard InChI is InChI=1S/C19H17ClFN3O2/c20-16-11-15(6-7-17(16)24-10-9-22-19(26)12-24)23-18(25)8-3-13-1-4-14(21)5-2-13/h1-8,11H,9-10,12H2,(H,22,26)(H,23,25)/b8-3+. The third-order valence-corrected chi connectivity index (χ3v) is 4.19. The van der Waals surface area contributed by atoms with E-state index in [2.05, 4.69) is 10.6 Å². The van der Waals surface area contributed by atoms with Crippen molar-refractivity contribution in [3.63, 3.8) is 0 Å². The summed E-state index contributed by atoms with van der Waals surface area (Å²) in [5.41, 5.74) is 2.02. The van der Waals surface area contributed by atoms with E-state index in [0.717, 1.165) is 11.3 Å². The number of halogens is 2. The van der Waals surface area contributed by atoms with Gasteiger partial charge in [-0.15, -0.1) is 0 Å². The molecule has 1 fully saturated rings. The van der Waals surface area contributed by atoms with E-state index >= 15 is 0 Å². The van der Waals surface area contributed by atoms with Gasteiger partial charge in [-0.3, -0.25) is 9.59 Å². The highest BCUT2D eigenvalue weighted by atomic mass is 35.5. The number of amides is 2. The van der Waals surface area contributed by atoms with Crippen LogP contribution in [-0.2, 0) is 9.59 Å². The summed E-state index contributed by atoms with van der Waals surface area (Å²) in [5, 5.41) is 5.94. The smallest absolute Gasteiger partial charge is 0.248 e. The lowest BCUT2D eigenvalue weighted by atomic mass is 10.2. The van der Waals surface area contributed by atoms with Crippen molar-refractivity contribution in [2.45, 2.75) is 0 Å². The minimum atomic E-state index is -0.326. The predicted molar refractivity (Wildman–Crippen MR) is 101 cm³/mol. The van der Waals surface area contributed by atoms with Crippen molar-refractivity contribution in [2.75, 3.05) is 29.9 Å². The Morgan fingerprint density at radius 3 is 2.69 bits per heavy atom. The second-order valence-corrected chi connectivity index (χ2v) is 6.22. The number of rotatable bonds is 4. The summed E-state index contributed by atoms with van der Waals surface area (Å²) in [6, 6.07) is 11.0. The van der Waals surface area contributed by atoms with Crippen molar-refractivity contribution in [1.82, 2.24) is 5.32 Å². The molecule has 1 heterocycles. The Morgan fingerprint density at radius 2 is 2.00 bits per heavy atom. The van der Waals surface area contributed by atoms with E-state index in [1.165, 1.54) is 18.2 Å². The Morgan fingerprint density at radius 1 is 1.23 bits per heavy atom. The van der Waals surface area contributed by atoms with E-state index in [4.69, 9.17) is 11.6 Å². The van der Waals surface area contributed by atoms with Gasteiger partial charge in [0.1, 0.15) is 5.82 Å². The van der Waals surface area contributed by atoms with Gasteiger partial charge in [-0.25, -0.2) is 4.39 Å². The summed E-state index contributed by atoms with van der Waals surface area (Å²) in [6.45, 7) is 1.51. The number of carbonyl (C=O) groups excluding carboxylic acids is 2. The minimum absolute atomic E-state index is 0.0457. The van der Waals surface area contributed by atoms with Crippen LogP contribution >= 0.6 is 11.6 Å². The van der Waals surface area contributed by atoms with Crippen molar-refractivity contribution in [2.24, 2.45) is 0 Å². The van der Waals surface area contributed by atoms with Crippen molar-refractivity contribution < 1.29 is 14.0 Å². The van der Waals surface area contributed by atoms with E-state index in [9.17, 15) is 14.0 Å². The van der Waals surface area contributed by atoms with E-state index in [1.54, 1.807) is 36.4 Å². The van der Waals surface area contributed by atoms with Crippen LogP contribution in [0.25, 0.3) is 6.08 Å². The highest BCUT2D eigenvalue weighted by Crippen LogP contribution is 2.29. The number of anilines is 2. The van der Waals surface area contributed by atoms with E-state index in [1.807, 2.05) is 4.90 Å². The zero-order valence-electron chi connectivity index (χ0n) is 13.8. The third kappa shape index (κ3) is 4.61. The molecule has 0 saturated carbocycles. The number of nitrogens with zero attached hydrogens (tertiary/aromatic N) is 1. The fourth-order valence-corrected chi connectivity index (χ4v) is 2.92. The molecule has 1 saturated heterocycles. The van der Waals surface area contributed by atoms with Gasteiger partial charge in [0.15, 0.2) is 0 Å². The average Bonchev–Trinajstić information content (AvgIpc) is 2.61. The number of hydrogen-bond donors (Lipinski definition) is 2. The molecule has 134 valence electrons. The first-order chi connectivity index (χ1) is 12.5. The molecule has 0 aliphatic carbocycles. The molecule has 3 rings (SSSR count). The molecule has 5 nitrogen and oxygen atoms in total. The number of nitrogens with one attached hydrogen (secondary N) is 2. The first kappa shape index (κ1) is 17.9. The van der Waals surface area contributed by atoms with Crippen LogP contribution in [-0.4, -0.2) is 31.4 Å². The van der Waals surface area contributed by atoms with E-state index in [0.29, 0.717) is 23.8 Å². The third-order valence-electron chi connectivity index (χ3n) is 3.89. The van der Waals surface area contributed by atoms with Gasteiger partial charge in [-0.1, -0.05) is 23.7 Å². The quantitative estimate of drug-likeness (QED) is 0.810. The summed E-state index contributed by atoms with van der Waals surface area (Å²) < 4.78 is 12.9. The van der Waals surface area contributed by atoms with Gasteiger partial charge < -0.3 is 15.5 Å². The van der Waals surface area contributed by atoms with Crippen LogP contribution < -0.4 is 15.5 Å². The fourth-order valence-electron chi connectivity index (χ4n) is 2.62. The summed E-state index contributed by atoms with van der Waals surface area (Å²) in [7, 11) is 0. The van der Waals surface area contributed by atoms with Crippen LogP contribution in [0.4, 0.5) is 15.8 Å². The molecule has 26 heavy (non-hydrogen) atoms. The molecule has 2 amide bonds. The zero-order chi connectivity index (χ0) is 18.5. The molecule has 7 heteroatoms. The normalized spacial score (nSPS) is 14.4. The van der Waals surface area contributed by atoms with Gasteiger partial charge in [0.25, 0.3) is 0 Å². The topological polar surface area (TPSA) is 61.4 Å². The molecule has 1 aliphatic rings. The Hall–Kier alpha value is -2.86. The van der Waals surface area contributed by atoms with Gasteiger partial charge >= 0.3 is 0 Å².